The first kappa shape index (κ1) is 25.7. The van der Waals surface area contributed by atoms with Crippen LogP contribution in [0.25, 0.3) is 6.08 Å². The van der Waals surface area contributed by atoms with Crippen LogP contribution in [0.15, 0.2) is 61.9 Å². The van der Waals surface area contributed by atoms with Gasteiger partial charge in [-0.2, -0.15) is 0 Å². The summed E-state index contributed by atoms with van der Waals surface area (Å²) in [6.07, 6.45) is 1.32. The lowest BCUT2D eigenvalue weighted by molar-refractivity contribution is -0.143. The Hall–Kier alpha value is -3.37. The van der Waals surface area contributed by atoms with Crippen molar-refractivity contribution in [3.63, 3.8) is 0 Å². The lowest BCUT2D eigenvalue weighted by Gasteiger charge is -2.26. The first-order valence-corrected chi connectivity index (χ1v) is 12.7. The standard InChI is InChI=1S/C26H25BrN2O6S/c1-13(2)35-25(32)22-14(3)28-26-29(23(22)17-12-16(27)7-9-19(17)33-4)24(31)21(36-26)11-15-6-8-20(34-5)18(30)10-15/h6-13,23,30H,1-5H3/b21-11-/t23-/m0/s1. The molecule has 1 N–H and O–H groups in total. The Kier molecular flexibility index (Phi) is 7.37. The lowest BCUT2D eigenvalue weighted by Crippen LogP contribution is -2.40. The number of hydrogen-bond donors (Lipinski definition) is 1. The number of methoxy groups -OCH3 is 2. The van der Waals surface area contributed by atoms with E-state index in [1.165, 1.54) is 36.2 Å². The average Bonchev–Trinajstić information content (AvgIpc) is 3.12. The van der Waals surface area contributed by atoms with Gasteiger partial charge in [-0.25, -0.2) is 9.79 Å². The van der Waals surface area contributed by atoms with Gasteiger partial charge in [0.2, 0.25) is 0 Å². The van der Waals surface area contributed by atoms with Gasteiger partial charge < -0.3 is 19.3 Å². The summed E-state index contributed by atoms with van der Waals surface area (Å²) in [6.45, 7) is 5.26. The maximum atomic E-state index is 13.8. The van der Waals surface area contributed by atoms with Crippen molar-refractivity contribution >= 4 is 39.3 Å². The molecule has 1 aliphatic heterocycles. The summed E-state index contributed by atoms with van der Waals surface area (Å²) in [5.41, 5.74) is 1.63. The number of aromatic hydroxyl groups is 1. The summed E-state index contributed by atoms with van der Waals surface area (Å²) in [5, 5.41) is 10.2. The molecule has 1 atom stereocenters. The number of thiazole rings is 1. The third kappa shape index (κ3) is 4.83. The molecule has 0 spiro atoms. The number of carbonyl (C=O) groups excluding carboxylic acids is 1. The Morgan fingerprint density at radius 3 is 2.50 bits per heavy atom. The van der Waals surface area contributed by atoms with Crippen LogP contribution >= 0.6 is 27.3 Å². The third-order valence-corrected chi connectivity index (χ3v) is 7.05. The van der Waals surface area contributed by atoms with Crippen molar-refractivity contribution in [2.45, 2.75) is 32.9 Å². The molecule has 0 unspecified atom stereocenters. The Balaban J connectivity index is 1.98. The monoisotopic (exact) mass is 572 g/mol. The summed E-state index contributed by atoms with van der Waals surface area (Å²) < 4.78 is 18.9. The zero-order valence-corrected chi connectivity index (χ0v) is 22.8. The number of aromatic nitrogens is 1. The van der Waals surface area contributed by atoms with Crippen molar-refractivity contribution in [2.75, 3.05) is 14.2 Å². The van der Waals surface area contributed by atoms with Gasteiger partial charge in [0.05, 0.1) is 36.1 Å². The molecule has 0 aliphatic carbocycles. The maximum Gasteiger partial charge on any atom is 0.338 e. The molecule has 4 rings (SSSR count). The van der Waals surface area contributed by atoms with Crippen molar-refractivity contribution in [1.82, 2.24) is 4.57 Å². The first-order chi connectivity index (χ1) is 17.1. The number of allylic oxidation sites excluding steroid dienone is 1. The number of benzene rings is 2. The minimum Gasteiger partial charge on any atom is -0.504 e. The van der Waals surface area contributed by atoms with E-state index >= 15 is 0 Å². The molecule has 8 nitrogen and oxygen atoms in total. The second-order valence-corrected chi connectivity index (χ2v) is 10.3. The third-order valence-electron chi connectivity index (χ3n) is 5.57. The zero-order chi connectivity index (χ0) is 26.1. The van der Waals surface area contributed by atoms with E-state index in [9.17, 15) is 14.7 Å². The summed E-state index contributed by atoms with van der Waals surface area (Å²) >= 11 is 4.69. The number of rotatable bonds is 6. The number of ether oxygens (including phenoxy) is 3. The molecule has 0 fully saturated rings. The summed E-state index contributed by atoms with van der Waals surface area (Å²) in [7, 11) is 3.00. The second kappa shape index (κ2) is 10.3. The molecule has 188 valence electrons. The van der Waals surface area contributed by atoms with Crippen molar-refractivity contribution in [3.05, 3.63) is 83.0 Å². The SMILES string of the molecule is COc1ccc(/C=c2\sc3n(c2=O)[C@@H](c2cc(Br)ccc2OC)C(C(=O)OC(C)C)=C(C)N=3)cc1O. The molecule has 1 aromatic heterocycles. The largest absolute Gasteiger partial charge is 0.504 e. The molecule has 0 bridgehead atoms. The molecule has 2 aromatic carbocycles. The number of fused-ring (bicyclic) bond motifs is 1. The smallest absolute Gasteiger partial charge is 0.338 e. The minimum atomic E-state index is -0.814. The summed E-state index contributed by atoms with van der Waals surface area (Å²) in [4.78, 5) is 32.0. The van der Waals surface area contributed by atoms with Crippen molar-refractivity contribution in [3.8, 4) is 17.2 Å². The number of nitrogens with zero attached hydrogens (tertiary/aromatic N) is 2. The van der Waals surface area contributed by atoms with E-state index in [2.05, 4.69) is 20.9 Å². The van der Waals surface area contributed by atoms with Crippen LogP contribution in [0.4, 0.5) is 0 Å². The van der Waals surface area contributed by atoms with E-state index in [0.29, 0.717) is 37.7 Å². The van der Waals surface area contributed by atoms with Gasteiger partial charge in [-0.1, -0.05) is 33.3 Å². The van der Waals surface area contributed by atoms with Crippen LogP contribution in [0, 0.1) is 0 Å². The van der Waals surface area contributed by atoms with Crippen molar-refractivity contribution in [2.24, 2.45) is 4.99 Å². The molecule has 0 saturated carbocycles. The Labute approximate surface area is 219 Å². The van der Waals surface area contributed by atoms with E-state index in [1.54, 1.807) is 45.0 Å². The van der Waals surface area contributed by atoms with Gasteiger partial charge in [-0.3, -0.25) is 9.36 Å². The Morgan fingerprint density at radius 2 is 1.86 bits per heavy atom. The van der Waals surface area contributed by atoms with Crippen LogP contribution in [-0.2, 0) is 9.53 Å². The highest BCUT2D eigenvalue weighted by Crippen LogP contribution is 2.37. The van der Waals surface area contributed by atoms with Crippen LogP contribution in [0.2, 0.25) is 0 Å². The first-order valence-electron chi connectivity index (χ1n) is 11.1. The fourth-order valence-corrected chi connectivity index (χ4v) is 5.45. The van der Waals surface area contributed by atoms with E-state index in [1.807, 2.05) is 12.1 Å². The maximum absolute atomic E-state index is 13.8. The number of carbonyl (C=O) groups is 1. The van der Waals surface area contributed by atoms with Gasteiger partial charge in [0.1, 0.15) is 11.8 Å². The quantitative estimate of drug-likeness (QED) is 0.452. The molecule has 0 amide bonds. The molecule has 1 aliphatic rings. The Bertz CT molecular complexity index is 1550. The van der Waals surface area contributed by atoms with E-state index in [4.69, 9.17) is 14.2 Å². The summed E-state index contributed by atoms with van der Waals surface area (Å²) in [6, 6.07) is 9.49. The van der Waals surface area contributed by atoms with Gasteiger partial charge in [0.25, 0.3) is 5.56 Å². The van der Waals surface area contributed by atoms with Crippen LogP contribution in [0.1, 0.15) is 37.9 Å². The van der Waals surface area contributed by atoms with E-state index in [0.717, 1.165) is 4.47 Å². The highest BCUT2D eigenvalue weighted by molar-refractivity contribution is 9.10. The molecule has 3 aromatic rings. The number of phenolic OH excluding ortho intramolecular Hbond substituents is 1. The van der Waals surface area contributed by atoms with Gasteiger partial charge in [-0.05, 0) is 62.7 Å². The molecular formula is C26H25BrN2O6S. The second-order valence-electron chi connectivity index (χ2n) is 8.35. The fourth-order valence-electron chi connectivity index (χ4n) is 4.02. The van der Waals surface area contributed by atoms with Crippen molar-refractivity contribution in [1.29, 1.82) is 0 Å². The van der Waals surface area contributed by atoms with Gasteiger partial charge in [-0.15, -0.1) is 0 Å². The van der Waals surface area contributed by atoms with Crippen LogP contribution in [0.3, 0.4) is 0 Å². The molecule has 0 saturated heterocycles. The number of phenols is 1. The van der Waals surface area contributed by atoms with Gasteiger partial charge in [0, 0.05) is 10.0 Å². The lowest BCUT2D eigenvalue weighted by atomic mass is 9.95. The van der Waals surface area contributed by atoms with Gasteiger partial charge in [0.15, 0.2) is 16.3 Å². The predicted molar refractivity (Wildman–Crippen MR) is 140 cm³/mol. The van der Waals surface area contributed by atoms with Crippen LogP contribution in [0.5, 0.6) is 17.2 Å². The molecular weight excluding hydrogens is 548 g/mol. The average molecular weight is 573 g/mol. The van der Waals surface area contributed by atoms with Gasteiger partial charge >= 0.3 is 5.97 Å². The number of esters is 1. The number of hydrogen-bond acceptors (Lipinski definition) is 8. The molecule has 36 heavy (non-hydrogen) atoms. The fraction of sp³-hybridized carbons (Fsp3) is 0.269. The topological polar surface area (TPSA) is 99.4 Å². The molecule has 2 heterocycles. The zero-order valence-electron chi connectivity index (χ0n) is 20.4. The highest BCUT2D eigenvalue weighted by Gasteiger charge is 2.35. The summed E-state index contributed by atoms with van der Waals surface area (Å²) in [5.74, 6) is 0.264. The predicted octanol–water partition coefficient (Wildman–Crippen LogP) is 3.67. The minimum absolute atomic E-state index is 0.0367. The van der Waals surface area contributed by atoms with E-state index < -0.39 is 12.0 Å². The Morgan fingerprint density at radius 1 is 1.17 bits per heavy atom. The van der Waals surface area contributed by atoms with E-state index in [-0.39, 0.29) is 23.0 Å². The highest BCUT2D eigenvalue weighted by atomic mass is 79.9. The van der Waals surface area contributed by atoms with Crippen molar-refractivity contribution < 1.29 is 24.1 Å². The normalized spacial score (nSPS) is 15.5. The number of halogens is 1. The molecule has 10 heteroatoms. The van der Waals surface area contributed by atoms with Crippen LogP contribution in [-0.4, -0.2) is 36.0 Å². The molecule has 0 radical (unpaired) electrons. The van der Waals surface area contributed by atoms with Crippen LogP contribution < -0.4 is 24.4 Å².